The van der Waals surface area contributed by atoms with Crippen LogP contribution in [0.3, 0.4) is 0 Å². The molecule has 0 radical (unpaired) electrons. The van der Waals surface area contributed by atoms with E-state index in [1.165, 1.54) is 18.4 Å². The number of ether oxygens (including phenoxy) is 1. The normalized spacial score (nSPS) is 12.2. The highest BCUT2D eigenvalue weighted by Crippen LogP contribution is 2.26. The minimum Gasteiger partial charge on any atom is -0.481 e. The summed E-state index contributed by atoms with van der Waals surface area (Å²) in [5, 5.41) is 11.9. The summed E-state index contributed by atoms with van der Waals surface area (Å²) in [4.78, 5) is 12.4. The zero-order valence-corrected chi connectivity index (χ0v) is 17.7. The minimum absolute atomic E-state index is 0.363. The second kappa shape index (κ2) is 8.58. The highest BCUT2D eigenvalue weighted by atomic mass is 32.2. The molecule has 0 saturated carbocycles. The highest BCUT2D eigenvalue weighted by Gasteiger charge is 2.18. The monoisotopic (exact) mass is 432 g/mol. The second-order valence-corrected chi connectivity index (χ2v) is 9.24. The van der Waals surface area contributed by atoms with Gasteiger partial charge in [-0.2, -0.15) is 0 Å². The Bertz CT molecular complexity index is 1080. The predicted octanol–water partition coefficient (Wildman–Crippen LogP) is 3.01. The zero-order chi connectivity index (χ0) is 21.0. The summed E-state index contributed by atoms with van der Waals surface area (Å²) < 4.78 is 30.0. The van der Waals surface area contributed by atoms with Crippen molar-refractivity contribution in [2.24, 2.45) is 0 Å². The minimum atomic E-state index is -3.34. The fourth-order valence-electron chi connectivity index (χ4n) is 2.36. The van der Waals surface area contributed by atoms with Gasteiger partial charge in [0.15, 0.2) is 6.10 Å². The molecule has 3 aromatic rings. The lowest BCUT2D eigenvalue weighted by Gasteiger charge is -2.18. The van der Waals surface area contributed by atoms with Gasteiger partial charge in [-0.15, -0.1) is 10.2 Å². The van der Waals surface area contributed by atoms with Crippen LogP contribution in [0.25, 0.3) is 10.6 Å². The average molecular weight is 433 g/mol. The number of amides is 1. The number of aromatic nitrogens is 2. The molecule has 1 N–H and O–H groups in total. The molecule has 0 aliphatic rings. The average Bonchev–Trinajstić information content (AvgIpc) is 3.16. The first-order chi connectivity index (χ1) is 13.7. The Morgan fingerprint density at radius 1 is 1.10 bits per heavy atom. The van der Waals surface area contributed by atoms with Gasteiger partial charge in [0.2, 0.25) is 15.2 Å². The van der Waals surface area contributed by atoms with Crippen molar-refractivity contribution in [3.8, 4) is 16.3 Å². The van der Waals surface area contributed by atoms with E-state index in [4.69, 9.17) is 4.74 Å². The highest BCUT2D eigenvalue weighted by molar-refractivity contribution is 7.92. The molecule has 3 rings (SSSR count). The van der Waals surface area contributed by atoms with Crippen molar-refractivity contribution in [1.82, 2.24) is 10.2 Å². The van der Waals surface area contributed by atoms with E-state index in [9.17, 15) is 13.2 Å². The molecule has 1 amide bonds. The van der Waals surface area contributed by atoms with Crippen molar-refractivity contribution in [1.29, 1.82) is 0 Å². The van der Waals surface area contributed by atoms with Crippen LogP contribution in [0.4, 0.5) is 10.8 Å². The smallest absolute Gasteiger partial charge is 0.266 e. The fraction of sp³-hybridized carbons (Fsp3) is 0.211. The van der Waals surface area contributed by atoms with Crippen LogP contribution in [0.5, 0.6) is 5.75 Å². The SMILES string of the molecule is C[C@H](Oc1ccc(N(C)S(C)(=O)=O)cc1)C(=O)Nc1nnc(-c2ccccc2)s1. The largest absolute Gasteiger partial charge is 0.481 e. The van der Waals surface area contributed by atoms with E-state index in [-0.39, 0.29) is 5.91 Å². The number of nitrogens with one attached hydrogen (secondary N) is 1. The molecular weight excluding hydrogens is 412 g/mol. The Kier molecular flexibility index (Phi) is 6.14. The number of carbonyl (C=O) groups is 1. The Labute approximate surface area is 173 Å². The first-order valence-electron chi connectivity index (χ1n) is 8.64. The summed E-state index contributed by atoms with van der Waals surface area (Å²) in [6.07, 6.45) is 0.345. The third-order valence-corrected chi connectivity index (χ3v) is 6.15. The molecule has 29 heavy (non-hydrogen) atoms. The summed E-state index contributed by atoms with van der Waals surface area (Å²) in [6, 6.07) is 16.0. The third kappa shape index (κ3) is 5.30. The summed E-state index contributed by atoms with van der Waals surface area (Å²) >= 11 is 1.27. The van der Waals surface area contributed by atoms with E-state index < -0.39 is 16.1 Å². The fourth-order valence-corrected chi connectivity index (χ4v) is 3.62. The molecule has 1 atom stereocenters. The Hall–Kier alpha value is -2.98. The van der Waals surface area contributed by atoms with Gasteiger partial charge in [0, 0.05) is 12.6 Å². The number of anilines is 2. The van der Waals surface area contributed by atoms with Crippen LogP contribution >= 0.6 is 11.3 Å². The van der Waals surface area contributed by atoms with Gasteiger partial charge < -0.3 is 4.74 Å². The lowest BCUT2D eigenvalue weighted by atomic mass is 10.2. The number of nitrogens with zero attached hydrogens (tertiary/aromatic N) is 3. The van der Waals surface area contributed by atoms with E-state index in [1.54, 1.807) is 31.2 Å². The molecule has 0 spiro atoms. The van der Waals surface area contributed by atoms with Crippen LogP contribution in [0.2, 0.25) is 0 Å². The van der Waals surface area contributed by atoms with Crippen molar-refractivity contribution in [3.05, 3.63) is 54.6 Å². The van der Waals surface area contributed by atoms with Crippen LogP contribution in [0.1, 0.15) is 6.92 Å². The van der Waals surface area contributed by atoms with Crippen LogP contribution in [0, 0.1) is 0 Å². The Morgan fingerprint density at radius 2 is 1.76 bits per heavy atom. The maximum atomic E-state index is 12.4. The lowest BCUT2D eigenvalue weighted by Crippen LogP contribution is -2.30. The number of hydrogen-bond donors (Lipinski definition) is 1. The molecule has 0 bridgehead atoms. The van der Waals surface area contributed by atoms with Gasteiger partial charge in [-0.25, -0.2) is 8.42 Å². The van der Waals surface area contributed by atoms with Gasteiger partial charge in [-0.05, 0) is 31.2 Å². The number of carbonyl (C=O) groups excluding carboxylic acids is 1. The molecule has 10 heteroatoms. The van der Waals surface area contributed by atoms with Crippen LogP contribution < -0.4 is 14.4 Å². The van der Waals surface area contributed by atoms with Gasteiger partial charge >= 0.3 is 0 Å². The van der Waals surface area contributed by atoms with Gasteiger partial charge in [0.25, 0.3) is 5.91 Å². The third-order valence-electron chi connectivity index (χ3n) is 4.06. The van der Waals surface area contributed by atoms with Crippen molar-refractivity contribution < 1.29 is 17.9 Å². The van der Waals surface area contributed by atoms with Gasteiger partial charge in [-0.1, -0.05) is 41.7 Å². The van der Waals surface area contributed by atoms with Crippen molar-refractivity contribution in [2.75, 3.05) is 22.9 Å². The first kappa shape index (κ1) is 20.7. The predicted molar refractivity (Wildman–Crippen MR) is 114 cm³/mol. The molecule has 0 aliphatic carbocycles. The van der Waals surface area contributed by atoms with Crippen LogP contribution in [0.15, 0.2) is 54.6 Å². The van der Waals surface area contributed by atoms with Gasteiger partial charge in [0.1, 0.15) is 10.8 Å². The molecule has 0 fully saturated rings. The number of benzene rings is 2. The number of hydrogen-bond acceptors (Lipinski definition) is 7. The summed E-state index contributed by atoms with van der Waals surface area (Å²) in [5.41, 5.74) is 1.42. The van der Waals surface area contributed by atoms with E-state index in [0.717, 1.165) is 16.1 Å². The van der Waals surface area contributed by atoms with Gasteiger partial charge in [-0.3, -0.25) is 14.4 Å². The molecular formula is C19H20N4O4S2. The van der Waals surface area contributed by atoms with E-state index in [1.807, 2.05) is 30.3 Å². The Balaban J connectivity index is 1.60. The molecule has 1 heterocycles. The molecule has 8 nitrogen and oxygen atoms in total. The standard InChI is InChI=1S/C19H20N4O4S2/c1-13(27-16-11-9-15(10-12-16)23(2)29(3,25)26)17(24)20-19-22-21-18(28-19)14-7-5-4-6-8-14/h4-13H,1-3H3,(H,20,22,24)/t13-/m0/s1. The van der Waals surface area contributed by atoms with Gasteiger partial charge in [0.05, 0.1) is 11.9 Å². The van der Waals surface area contributed by atoms with Crippen LogP contribution in [-0.4, -0.2) is 43.9 Å². The molecule has 1 aromatic heterocycles. The zero-order valence-electron chi connectivity index (χ0n) is 16.1. The maximum Gasteiger partial charge on any atom is 0.266 e. The second-order valence-electron chi connectivity index (χ2n) is 6.25. The molecule has 0 aliphatic heterocycles. The van der Waals surface area contributed by atoms with Crippen molar-refractivity contribution >= 4 is 38.1 Å². The summed E-state index contributed by atoms with van der Waals surface area (Å²) in [7, 11) is -1.88. The van der Waals surface area contributed by atoms with Crippen LogP contribution in [-0.2, 0) is 14.8 Å². The molecule has 0 unspecified atom stereocenters. The molecule has 2 aromatic carbocycles. The lowest BCUT2D eigenvalue weighted by molar-refractivity contribution is -0.122. The molecule has 0 saturated heterocycles. The molecule has 152 valence electrons. The van der Waals surface area contributed by atoms with Crippen molar-refractivity contribution in [3.63, 3.8) is 0 Å². The van der Waals surface area contributed by atoms with E-state index in [0.29, 0.717) is 21.6 Å². The summed E-state index contributed by atoms with van der Waals surface area (Å²) in [6.45, 7) is 1.62. The van der Waals surface area contributed by atoms with Crippen molar-refractivity contribution in [2.45, 2.75) is 13.0 Å². The van der Waals surface area contributed by atoms with E-state index >= 15 is 0 Å². The number of rotatable bonds is 7. The summed E-state index contributed by atoms with van der Waals surface area (Å²) in [5.74, 6) is 0.0821. The first-order valence-corrected chi connectivity index (χ1v) is 11.3. The quantitative estimate of drug-likeness (QED) is 0.616. The maximum absolute atomic E-state index is 12.4. The topological polar surface area (TPSA) is 101 Å². The Morgan fingerprint density at radius 3 is 2.38 bits per heavy atom. The van der Waals surface area contributed by atoms with E-state index in [2.05, 4.69) is 15.5 Å². The number of sulfonamides is 1.